The first kappa shape index (κ1) is 16.5. The van der Waals surface area contributed by atoms with Gasteiger partial charge in [-0.25, -0.2) is 0 Å². The van der Waals surface area contributed by atoms with Crippen molar-refractivity contribution in [2.75, 3.05) is 24.9 Å². The third-order valence-corrected chi connectivity index (χ3v) is 3.54. The van der Waals surface area contributed by atoms with Crippen LogP contribution in [-0.2, 0) is 0 Å². The predicted octanol–water partition coefficient (Wildman–Crippen LogP) is 3.68. The van der Waals surface area contributed by atoms with Crippen molar-refractivity contribution in [2.45, 2.75) is 6.92 Å². The zero-order valence-electron chi connectivity index (χ0n) is 14.3. The van der Waals surface area contributed by atoms with E-state index < -0.39 is 0 Å². The molecular formula is C18H19N5O2. The molecule has 0 spiro atoms. The minimum absolute atomic E-state index is 0.399. The van der Waals surface area contributed by atoms with Crippen LogP contribution in [0.4, 0.5) is 23.1 Å². The second kappa shape index (κ2) is 7.48. The van der Waals surface area contributed by atoms with Crippen LogP contribution in [0.15, 0.2) is 48.7 Å². The molecule has 3 rings (SSSR count). The van der Waals surface area contributed by atoms with Gasteiger partial charge in [0.1, 0.15) is 11.5 Å². The van der Waals surface area contributed by atoms with E-state index >= 15 is 0 Å². The summed E-state index contributed by atoms with van der Waals surface area (Å²) >= 11 is 0. The van der Waals surface area contributed by atoms with Crippen molar-refractivity contribution in [3.05, 3.63) is 54.2 Å². The minimum atomic E-state index is 0.399. The monoisotopic (exact) mass is 337 g/mol. The fourth-order valence-corrected chi connectivity index (χ4v) is 2.23. The van der Waals surface area contributed by atoms with Crippen molar-refractivity contribution in [3.8, 4) is 11.5 Å². The molecule has 0 aliphatic rings. The van der Waals surface area contributed by atoms with Crippen molar-refractivity contribution in [1.29, 1.82) is 0 Å². The highest BCUT2D eigenvalue weighted by atomic mass is 16.5. The highest BCUT2D eigenvalue weighted by molar-refractivity contribution is 5.66. The smallest absolute Gasteiger partial charge is 0.249 e. The average molecular weight is 337 g/mol. The Morgan fingerprint density at radius 1 is 0.920 bits per heavy atom. The van der Waals surface area contributed by atoms with E-state index in [0.29, 0.717) is 23.3 Å². The van der Waals surface area contributed by atoms with Gasteiger partial charge in [-0.2, -0.15) is 10.1 Å². The van der Waals surface area contributed by atoms with Gasteiger partial charge in [0, 0.05) is 11.8 Å². The zero-order chi connectivity index (χ0) is 17.6. The molecule has 0 saturated heterocycles. The number of benzene rings is 2. The highest BCUT2D eigenvalue weighted by Crippen LogP contribution is 2.31. The van der Waals surface area contributed by atoms with E-state index in [4.69, 9.17) is 9.47 Å². The quantitative estimate of drug-likeness (QED) is 0.710. The Kier molecular flexibility index (Phi) is 4.94. The molecule has 0 bridgehead atoms. The second-order valence-corrected chi connectivity index (χ2v) is 5.35. The van der Waals surface area contributed by atoms with Crippen LogP contribution < -0.4 is 20.1 Å². The number of hydrogen-bond acceptors (Lipinski definition) is 7. The van der Waals surface area contributed by atoms with Gasteiger partial charge in [-0.1, -0.05) is 17.7 Å². The maximum Gasteiger partial charge on any atom is 0.249 e. The van der Waals surface area contributed by atoms with Gasteiger partial charge in [-0.15, -0.1) is 5.10 Å². The average Bonchev–Trinajstić information content (AvgIpc) is 2.64. The molecular weight excluding hydrogens is 318 g/mol. The molecule has 0 saturated carbocycles. The number of hydrogen-bond donors (Lipinski definition) is 2. The summed E-state index contributed by atoms with van der Waals surface area (Å²) in [6.07, 6.45) is 1.54. The molecule has 128 valence electrons. The van der Waals surface area contributed by atoms with Crippen molar-refractivity contribution < 1.29 is 9.47 Å². The molecule has 0 radical (unpaired) electrons. The summed E-state index contributed by atoms with van der Waals surface area (Å²) in [6.45, 7) is 2.04. The minimum Gasteiger partial charge on any atom is -0.497 e. The molecule has 0 atom stereocenters. The van der Waals surface area contributed by atoms with Crippen LogP contribution in [-0.4, -0.2) is 29.4 Å². The fourth-order valence-electron chi connectivity index (χ4n) is 2.23. The summed E-state index contributed by atoms with van der Waals surface area (Å²) in [5.74, 6) is 2.32. The van der Waals surface area contributed by atoms with Gasteiger partial charge in [0.05, 0.1) is 26.1 Å². The number of aryl methyl sites for hydroxylation is 1. The maximum absolute atomic E-state index is 5.36. The largest absolute Gasteiger partial charge is 0.497 e. The molecule has 1 heterocycles. The summed E-state index contributed by atoms with van der Waals surface area (Å²) in [5.41, 5.74) is 2.80. The number of nitrogens with one attached hydrogen (secondary N) is 2. The Hall–Kier alpha value is -3.35. The molecule has 3 aromatic rings. The Labute approximate surface area is 146 Å². The first-order valence-corrected chi connectivity index (χ1v) is 7.70. The molecule has 7 heteroatoms. The molecule has 0 aliphatic heterocycles. The van der Waals surface area contributed by atoms with Gasteiger partial charge in [-0.3, -0.25) is 0 Å². The van der Waals surface area contributed by atoms with Gasteiger partial charge < -0.3 is 20.1 Å². The maximum atomic E-state index is 5.36. The standard InChI is InChI=1S/C18H19N5O2/c1-12-4-6-13(7-5-12)20-18-22-17(11-19-23-18)21-15-10-14(24-2)8-9-16(15)25-3/h4-11H,1-3H3,(H2,20,21,22,23). The Morgan fingerprint density at radius 2 is 1.72 bits per heavy atom. The lowest BCUT2D eigenvalue weighted by Crippen LogP contribution is -2.03. The lowest BCUT2D eigenvalue weighted by atomic mass is 10.2. The number of anilines is 4. The van der Waals surface area contributed by atoms with E-state index in [1.807, 2.05) is 49.4 Å². The number of rotatable bonds is 6. The predicted molar refractivity (Wildman–Crippen MR) is 97.1 cm³/mol. The normalized spacial score (nSPS) is 10.2. The molecule has 0 amide bonds. The van der Waals surface area contributed by atoms with E-state index in [1.54, 1.807) is 20.4 Å². The lowest BCUT2D eigenvalue weighted by Gasteiger charge is -2.12. The van der Waals surface area contributed by atoms with Crippen molar-refractivity contribution in [2.24, 2.45) is 0 Å². The van der Waals surface area contributed by atoms with Crippen molar-refractivity contribution in [1.82, 2.24) is 15.2 Å². The van der Waals surface area contributed by atoms with E-state index in [9.17, 15) is 0 Å². The molecule has 2 aromatic carbocycles. The molecule has 2 N–H and O–H groups in total. The van der Waals surface area contributed by atoms with Crippen molar-refractivity contribution in [3.63, 3.8) is 0 Å². The molecule has 7 nitrogen and oxygen atoms in total. The van der Waals surface area contributed by atoms with Gasteiger partial charge in [0.2, 0.25) is 5.95 Å². The van der Waals surface area contributed by atoms with Gasteiger partial charge in [0.25, 0.3) is 0 Å². The Balaban J connectivity index is 1.81. The lowest BCUT2D eigenvalue weighted by molar-refractivity contribution is 0.405. The number of nitrogens with zero attached hydrogens (tertiary/aromatic N) is 3. The summed E-state index contributed by atoms with van der Waals surface area (Å²) in [7, 11) is 3.22. The van der Waals surface area contributed by atoms with E-state index in [0.717, 1.165) is 11.4 Å². The molecule has 1 aromatic heterocycles. The Bertz CT molecular complexity index is 852. The highest BCUT2D eigenvalue weighted by Gasteiger charge is 2.08. The molecule has 0 fully saturated rings. The zero-order valence-corrected chi connectivity index (χ0v) is 14.3. The summed E-state index contributed by atoms with van der Waals surface area (Å²) in [6, 6.07) is 13.4. The van der Waals surface area contributed by atoms with Crippen LogP contribution in [0, 0.1) is 6.92 Å². The summed E-state index contributed by atoms with van der Waals surface area (Å²) in [4.78, 5) is 4.42. The van der Waals surface area contributed by atoms with Crippen LogP contribution in [0.25, 0.3) is 0 Å². The van der Waals surface area contributed by atoms with Crippen LogP contribution in [0.3, 0.4) is 0 Å². The molecule has 0 unspecified atom stereocenters. The van der Waals surface area contributed by atoms with E-state index in [1.165, 1.54) is 5.56 Å². The topological polar surface area (TPSA) is 81.2 Å². The third-order valence-electron chi connectivity index (χ3n) is 3.54. The first-order chi connectivity index (χ1) is 12.2. The molecule has 0 aliphatic carbocycles. The van der Waals surface area contributed by atoms with Crippen LogP contribution in [0.1, 0.15) is 5.56 Å². The van der Waals surface area contributed by atoms with Gasteiger partial charge in [-0.05, 0) is 31.2 Å². The third kappa shape index (κ3) is 4.14. The summed E-state index contributed by atoms with van der Waals surface area (Å²) in [5, 5.41) is 14.3. The van der Waals surface area contributed by atoms with Crippen LogP contribution in [0.2, 0.25) is 0 Å². The number of ether oxygens (including phenoxy) is 2. The van der Waals surface area contributed by atoms with E-state index in [2.05, 4.69) is 25.8 Å². The SMILES string of the molecule is COc1ccc(OC)c(Nc2cnnc(Nc3ccc(C)cc3)n2)c1. The molecule has 25 heavy (non-hydrogen) atoms. The van der Waals surface area contributed by atoms with Crippen LogP contribution >= 0.6 is 0 Å². The van der Waals surface area contributed by atoms with Crippen LogP contribution in [0.5, 0.6) is 11.5 Å². The van der Waals surface area contributed by atoms with Gasteiger partial charge in [0.15, 0.2) is 5.82 Å². The van der Waals surface area contributed by atoms with Crippen molar-refractivity contribution >= 4 is 23.1 Å². The number of methoxy groups -OCH3 is 2. The Morgan fingerprint density at radius 3 is 2.44 bits per heavy atom. The summed E-state index contributed by atoms with van der Waals surface area (Å²) < 4.78 is 10.6. The number of aromatic nitrogens is 3. The second-order valence-electron chi connectivity index (χ2n) is 5.35. The first-order valence-electron chi connectivity index (χ1n) is 7.70. The van der Waals surface area contributed by atoms with Gasteiger partial charge >= 0.3 is 0 Å². The fraction of sp³-hybridized carbons (Fsp3) is 0.167. The van der Waals surface area contributed by atoms with E-state index in [-0.39, 0.29) is 0 Å².